The highest BCUT2D eigenvalue weighted by Crippen LogP contribution is 1.59. The minimum Gasteiger partial charge on any atom is -0.478 e. The van der Waals surface area contributed by atoms with E-state index in [0.29, 0.717) is 0 Å². The smallest absolute Gasteiger partial charge is 0.235 e. The van der Waals surface area contributed by atoms with Crippen LogP contribution in [0.3, 0.4) is 0 Å². The van der Waals surface area contributed by atoms with Gasteiger partial charge in [-0.1, -0.05) is 0 Å². The number of rotatable bonds is 0. The SMILES string of the molecule is [B]C(=O)OC. The third-order valence-electron chi connectivity index (χ3n) is 0.201. The van der Waals surface area contributed by atoms with Crippen LogP contribution in [0.25, 0.3) is 0 Å². The van der Waals surface area contributed by atoms with Crippen LogP contribution < -0.4 is 0 Å². The van der Waals surface area contributed by atoms with Crippen LogP contribution in [0.2, 0.25) is 0 Å². The van der Waals surface area contributed by atoms with E-state index >= 15 is 0 Å². The van der Waals surface area contributed by atoms with Gasteiger partial charge in [0.05, 0.1) is 7.11 Å². The fourth-order valence-corrected chi connectivity index (χ4v) is 0. The van der Waals surface area contributed by atoms with Gasteiger partial charge in [-0.15, -0.1) is 0 Å². The first-order valence-corrected chi connectivity index (χ1v) is 1.11. The quantitative estimate of drug-likeness (QED) is 0.372. The van der Waals surface area contributed by atoms with Crippen LogP contribution in [0.15, 0.2) is 0 Å². The summed E-state index contributed by atoms with van der Waals surface area (Å²) < 4.78 is 3.89. The van der Waals surface area contributed by atoms with E-state index in [1.54, 1.807) is 0 Å². The molecule has 0 unspecified atom stereocenters. The molecule has 2 nitrogen and oxygen atoms in total. The minimum atomic E-state index is -0.745. The summed E-state index contributed by atoms with van der Waals surface area (Å²) in [6.07, 6.45) is 0. The van der Waals surface area contributed by atoms with E-state index in [1.165, 1.54) is 7.11 Å². The molecular formula is C2H3BO2. The summed E-state index contributed by atoms with van der Waals surface area (Å²) in [7, 11) is 5.66. The first-order chi connectivity index (χ1) is 2.27. The van der Waals surface area contributed by atoms with Crippen molar-refractivity contribution in [3.05, 3.63) is 0 Å². The third kappa shape index (κ3) is 3.53. The molecular weight excluding hydrogens is 66.8 g/mol. The van der Waals surface area contributed by atoms with Crippen molar-refractivity contribution in [1.29, 1.82) is 0 Å². The van der Waals surface area contributed by atoms with E-state index in [-0.39, 0.29) is 0 Å². The number of ether oxygens (including phenoxy) is 1. The fourth-order valence-electron chi connectivity index (χ4n) is 0. The van der Waals surface area contributed by atoms with Gasteiger partial charge in [0, 0.05) is 0 Å². The molecule has 0 aliphatic carbocycles. The van der Waals surface area contributed by atoms with Crippen molar-refractivity contribution >= 4 is 13.7 Å². The second kappa shape index (κ2) is 1.82. The largest absolute Gasteiger partial charge is 0.478 e. The van der Waals surface area contributed by atoms with Gasteiger partial charge in [-0.2, -0.15) is 0 Å². The molecule has 0 aromatic rings. The summed E-state index contributed by atoms with van der Waals surface area (Å²) >= 11 is 0. The second-order valence-corrected chi connectivity index (χ2v) is 0.523. The fraction of sp³-hybridized carbons (Fsp3) is 0.500. The molecule has 0 saturated heterocycles. The lowest BCUT2D eigenvalue weighted by atomic mass is 10.2. The normalized spacial score (nSPS) is 6.60. The van der Waals surface area contributed by atoms with Gasteiger partial charge in [0.1, 0.15) is 0 Å². The van der Waals surface area contributed by atoms with E-state index in [1.807, 2.05) is 0 Å². The van der Waals surface area contributed by atoms with Gasteiger partial charge < -0.3 is 4.74 Å². The van der Waals surface area contributed by atoms with Crippen LogP contribution in [0.5, 0.6) is 0 Å². The maximum atomic E-state index is 9.37. The van der Waals surface area contributed by atoms with Crippen molar-refractivity contribution < 1.29 is 9.53 Å². The van der Waals surface area contributed by atoms with Gasteiger partial charge in [-0.05, 0) is 0 Å². The molecule has 0 saturated carbocycles. The highest BCUT2D eigenvalue weighted by atomic mass is 16.5. The van der Waals surface area contributed by atoms with Gasteiger partial charge in [0.2, 0.25) is 13.7 Å². The van der Waals surface area contributed by atoms with E-state index in [0.717, 1.165) is 0 Å². The monoisotopic (exact) mass is 70.0 g/mol. The van der Waals surface area contributed by atoms with Gasteiger partial charge in [0.15, 0.2) is 0 Å². The lowest BCUT2D eigenvalue weighted by Gasteiger charge is -1.81. The lowest BCUT2D eigenvalue weighted by Crippen LogP contribution is -1.92. The maximum Gasteiger partial charge on any atom is 0.235 e. The number of hydrogen-bond acceptors (Lipinski definition) is 2. The molecule has 0 fully saturated rings. The molecule has 0 spiro atoms. The average Bonchev–Trinajstić information content (AvgIpc) is 1.38. The Hall–Kier alpha value is -0.465. The highest BCUT2D eigenvalue weighted by Gasteiger charge is 1.75. The average molecular weight is 69.9 g/mol. The lowest BCUT2D eigenvalue weighted by molar-refractivity contribution is 0.198. The Bertz CT molecular complexity index is 42.9. The molecule has 3 heteroatoms. The van der Waals surface area contributed by atoms with Crippen LogP contribution in [0.4, 0.5) is 4.79 Å². The molecule has 0 N–H and O–H groups in total. The molecule has 0 aromatic heterocycles. The number of hydrogen-bond donors (Lipinski definition) is 0. The predicted octanol–water partition coefficient (Wildman–Crippen LogP) is -0.0787. The summed E-state index contributed by atoms with van der Waals surface area (Å²) in [4.78, 5) is 9.37. The number of carbonyl (C=O) groups is 1. The van der Waals surface area contributed by atoms with E-state index in [9.17, 15) is 4.79 Å². The third-order valence-corrected chi connectivity index (χ3v) is 0.201. The molecule has 26 valence electrons. The van der Waals surface area contributed by atoms with E-state index < -0.39 is 5.87 Å². The molecule has 0 rings (SSSR count). The predicted molar refractivity (Wildman–Crippen MR) is 18.2 cm³/mol. The summed E-state index contributed by atoms with van der Waals surface area (Å²) in [5.74, 6) is -0.745. The summed E-state index contributed by atoms with van der Waals surface area (Å²) in [6, 6.07) is 0. The molecule has 0 aliphatic heterocycles. The van der Waals surface area contributed by atoms with Crippen molar-refractivity contribution in [3.8, 4) is 0 Å². The standard InChI is InChI=1S/C2H3BO2/c1-5-2(3)4/h1H3. The van der Waals surface area contributed by atoms with Crippen LogP contribution in [0, 0.1) is 0 Å². The van der Waals surface area contributed by atoms with Gasteiger partial charge in [-0.25, -0.2) is 0 Å². The van der Waals surface area contributed by atoms with Crippen LogP contribution in [0.1, 0.15) is 0 Å². The maximum absolute atomic E-state index is 9.37. The zero-order chi connectivity index (χ0) is 4.28. The molecule has 2 radical (unpaired) electrons. The Labute approximate surface area is 31.5 Å². The zero-order valence-corrected chi connectivity index (χ0v) is 2.89. The minimum absolute atomic E-state index is 0.745. The second-order valence-electron chi connectivity index (χ2n) is 0.523. The summed E-state index contributed by atoms with van der Waals surface area (Å²) in [5.41, 5.74) is 0. The summed E-state index contributed by atoms with van der Waals surface area (Å²) in [6.45, 7) is 0. The molecule has 0 aliphatic rings. The van der Waals surface area contributed by atoms with E-state index in [2.05, 4.69) is 12.6 Å². The molecule has 0 aromatic carbocycles. The topological polar surface area (TPSA) is 26.3 Å². The Kier molecular flexibility index (Phi) is 1.65. The van der Waals surface area contributed by atoms with Crippen molar-refractivity contribution in [2.75, 3.05) is 7.11 Å². The van der Waals surface area contributed by atoms with Crippen LogP contribution >= 0.6 is 0 Å². The van der Waals surface area contributed by atoms with Gasteiger partial charge >= 0.3 is 0 Å². The van der Waals surface area contributed by atoms with Crippen molar-refractivity contribution in [2.24, 2.45) is 0 Å². The highest BCUT2D eigenvalue weighted by molar-refractivity contribution is 6.55. The van der Waals surface area contributed by atoms with Gasteiger partial charge in [-0.3, -0.25) is 4.79 Å². The van der Waals surface area contributed by atoms with Crippen molar-refractivity contribution in [1.82, 2.24) is 0 Å². The zero-order valence-electron chi connectivity index (χ0n) is 2.89. The molecule has 0 amide bonds. The molecule has 0 heterocycles. The number of carbonyl (C=O) groups excluding carboxylic acids is 1. The molecule has 0 atom stereocenters. The van der Waals surface area contributed by atoms with Gasteiger partial charge in [0.25, 0.3) is 0 Å². The van der Waals surface area contributed by atoms with E-state index in [4.69, 9.17) is 0 Å². The van der Waals surface area contributed by atoms with Crippen molar-refractivity contribution in [2.45, 2.75) is 0 Å². The number of methoxy groups -OCH3 is 1. The molecule has 5 heavy (non-hydrogen) atoms. The summed E-state index contributed by atoms with van der Waals surface area (Å²) in [5, 5.41) is 0. The Morgan fingerprint density at radius 2 is 2.20 bits per heavy atom. The first-order valence-electron chi connectivity index (χ1n) is 1.11. The molecule has 0 bridgehead atoms. The Balaban J connectivity index is 2.85. The van der Waals surface area contributed by atoms with Crippen molar-refractivity contribution in [3.63, 3.8) is 0 Å². The Morgan fingerprint density at radius 1 is 2.00 bits per heavy atom. The van der Waals surface area contributed by atoms with Crippen LogP contribution in [-0.2, 0) is 4.74 Å². The Morgan fingerprint density at radius 3 is 2.20 bits per heavy atom. The van der Waals surface area contributed by atoms with Crippen LogP contribution in [-0.4, -0.2) is 20.8 Å². The first kappa shape index (κ1) is 4.53.